The lowest BCUT2D eigenvalue weighted by molar-refractivity contribution is -0.148. The summed E-state index contributed by atoms with van der Waals surface area (Å²) >= 11 is 0. The molecule has 4 rings (SSSR count). The van der Waals surface area contributed by atoms with Gasteiger partial charge in [-0.05, 0) is 45.4 Å². The molecule has 26 heteroatoms. The quantitative estimate of drug-likeness (QED) is 0.0316. The fourth-order valence-corrected chi connectivity index (χ4v) is 6.67. The van der Waals surface area contributed by atoms with Crippen molar-refractivity contribution in [2.75, 3.05) is 59.3 Å². The van der Waals surface area contributed by atoms with Gasteiger partial charge in [-0.25, -0.2) is 32.4 Å². The minimum absolute atomic E-state index is 0.0471. The second-order valence-electron chi connectivity index (χ2n) is 16.3. The molecular formula is C40H56F6N8O12. The van der Waals surface area contributed by atoms with Crippen LogP contribution in [0.3, 0.4) is 0 Å². The summed E-state index contributed by atoms with van der Waals surface area (Å²) in [5, 5.41) is 59.3. The van der Waals surface area contributed by atoms with E-state index in [0.29, 0.717) is 30.9 Å². The van der Waals surface area contributed by atoms with E-state index in [9.17, 15) is 61.2 Å². The van der Waals surface area contributed by atoms with Crippen LogP contribution in [0.5, 0.6) is 0 Å². The number of alkyl carbamates (subject to hydrolysis) is 1. The monoisotopic (exact) mass is 954 g/mol. The van der Waals surface area contributed by atoms with Gasteiger partial charge in [0.25, 0.3) is 0 Å². The maximum absolute atomic E-state index is 14.6. The van der Waals surface area contributed by atoms with Crippen LogP contribution in [0.1, 0.15) is 67.4 Å². The molecule has 1 aromatic carbocycles. The van der Waals surface area contributed by atoms with Crippen molar-refractivity contribution in [1.82, 2.24) is 39.7 Å². The number of esters is 1. The number of carbonyl (C=O) groups is 3. The number of benzene rings is 1. The minimum Gasteiger partial charge on any atom is -0.458 e. The summed E-state index contributed by atoms with van der Waals surface area (Å²) in [5.74, 6) is -7.33. The molecule has 1 aliphatic heterocycles. The second-order valence-corrected chi connectivity index (χ2v) is 16.3. The number of halogens is 6. The maximum Gasteiger partial charge on any atom is 0.449 e. The number of nitrogens with one attached hydrogen (secondary N) is 1. The topological polar surface area (TPSA) is 256 Å². The fourth-order valence-electron chi connectivity index (χ4n) is 6.67. The van der Waals surface area contributed by atoms with Crippen molar-refractivity contribution in [3.63, 3.8) is 0 Å². The number of rotatable bonds is 24. The number of likely N-dealkylation sites (N-methyl/N-ethyl adjacent to an activating group) is 1. The number of hydrogen-bond acceptors (Lipinski definition) is 16. The number of imidazole rings is 1. The molecule has 1 aliphatic rings. The molecule has 0 spiro atoms. The minimum atomic E-state index is -4.98. The Bertz CT molecular complexity index is 2070. The van der Waals surface area contributed by atoms with E-state index in [2.05, 4.69) is 20.6 Å². The summed E-state index contributed by atoms with van der Waals surface area (Å²) in [5.41, 5.74) is -1.81. The zero-order valence-electron chi connectivity index (χ0n) is 36.7. The van der Waals surface area contributed by atoms with E-state index < -0.39 is 122 Å². The third kappa shape index (κ3) is 15.8. The number of aliphatic hydroxyl groups is 5. The average molecular weight is 955 g/mol. The lowest BCUT2D eigenvalue weighted by Crippen LogP contribution is -2.49. The molecule has 0 radical (unpaired) electrons. The van der Waals surface area contributed by atoms with Crippen molar-refractivity contribution in [2.24, 2.45) is 0 Å². The number of aromatic nitrogens is 5. The number of hydrogen-bond donors (Lipinski definition) is 6. The Balaban J connectivity index is 1.25. The summed E-state index contributed by atoms with van der Waals surface area (Å²) in [4.78, 5) is 45.6. The van der Waals surface area contributed by atoms with E-state index in [0.717, 1.165) is 9.47 Å². The zero-order chi connectivity index (χ0) is 48.9. The molecule has 0 bridgehead atoms. The van der Waals surface area contributed by atoms with Crippen LogP contribution in [-0.2, 0) is 62.5 Å². The van der Waals surface area contributed by atoms with Gasteiger partial charge < -0.3 is 59.3 Å². The smallest absolute Gasteiger partial charge is 0.449 e. The Morgan fingerprint density at radius 1 is 0.909 bits per heavy atom. The molecule has 3 aromatic rings. The van der Waals surface area contributed by atoms with Crippen molar-refractivity contribution < 1.29 is 85.2 Å². The van der Waals surface area contributed by atoms with Gasteiger partial charge in [0.1, 0.15) is 36.3 Å². The van der Waals surface area contributed by atoms with Crippen LogP contribution in [-0.4, -0.2) is 173 Å². The van der Waals surface area contributed by atoms with Crippen LogP contribution < -0.4 is 5.32 Å². The lowest BCUT2D eigenvalue weighted by Gasteiger charge is -2.31. The highest BCUT2D eigenvalue weighted by Crippen LogP contribution is 2.33. The van der Waals surface area contributed by atoms with Crippen LogP contribution in [0.2, 0.25) is 0 Å². The number of fused-ring (bicyclic) bond motifs is 1. The van der Waals surface area contributed by atoms with E-state index >= 15 is 0 Å². The van der Waals surface area contributed by atoms with Gasteiger partial charge in [0.2, 0.25) is 11.7 Å². The Kier molecular flexibility index (Phi) is 19.7. The predicted molar refractivity (Wildman–Crippen MR) is 214 cm³/mol. The van der Waals surface area contributed by atoms with Crippen molar-refractivity contribution in [3.8, 4) is 0 Å². The van der Waals surface area contributed by atoms with Crippen LogP contribution in [0.15, 0.2) is 18.3 Å². The summed E-state index contributed by atoms with van der Waals surface area (Å²) in [7, 11) is 0. The third-order valence-corrected chi connectivity index (χ3v) is 9.99. The van der Waals surface area contributed by atoms with E-state index in [1.165, 1.54) is 4.68 Å². The summed E-state index contributed by atoms with van der Waals surface area (Å²) in [6.07, 6.45) is -11.9. The molecule has 0 fully saturated rings. The number of carbonyl (C=O) groups excluding carboxylic acids is 3. The van der Waals surface area contributed by atoms with Gasteiger partial charge in [-0.1, -0.05) is 12.1 Å². The largest absolute Gasteiger partial charge is 0.458 e. The van der Waals surface area contributed by atoms with Gasteiger partial charge in [0.15, 0.2) is 17.3 Å². The Morgan fingerprint density at radius 2 is 1.56 bits per heavy atom. The van der Waals surface area contributed by atoms with Crippen molar-refractivity contribution >= 4 is 18.0 Å². The number of ether oxygens (including phenoxy) is 4. The van der Waals surface area contributed by atoms with E-state index in [4.69, 9.17) is 24.1 Å². The molecule has 0 saturated carbocycles. The molecule has 3 heterocycles. The van der Waals surface area contributed by atoms with Gasteiger partial charge >= 0.3 is 18.2 Å². The Morgan fingerprint density at radius 3 is 2.21 bits per heavy atom. The van der Waals surface area contributed by atoms with Gasteiger partial charge in [-0.3, -0.25) is 9.69 Å². The first-order chi connectivity index (χ1) is 31.0. The molecule has 20 nitrogen and oxygen atoms in total. The van der Waals surface area contributed by atoms with E-state index in [1.807, 2.05) is 0 Å². The molecule has 6 N–H and O–H groups in total. The van der Waals surface area contributed by atoms with Crippen molar-refractivity contribution in [1.29, 1.82) is 0 Å². The SMILES string of the molecule is CCN(Cc1cn(CCOCCOCCOC(=O)c2nc(C(F)(F)F)n3c2CN(C(=O)CC(Cc2cc(F)c(F)cc2F)NC(=O)OC(C)(C)C)CC3)nn1)CC(O)C(O)C(O)C(O)CO. The van der Waals surface area contributed by atoms with Gasteiger partial charge in [-0.15, -0.1) is 5.10 Å². The first-order valence-corrected chi connectivity index (χ1v) is 20.9. The summed E-state index contributed by atoms with van der Waals surface area (Å²) < 4.78 is 108. The fraction of sp³-hybridized carbons (Fsp3) is 0.650. The first-order valence-electron chi connectivity index (χ1n) is 20.9. The predicted octanol–water partition coefficient (Wildman–Crippen LogP) is 0.927. The Hall–Kier alpha value is -4.96. The third-order valence-electron chi connectivity index (χ3n) is 9.99. The Labute approximate surface area is 375 Å². The number of nitrogens with zero attached hydrogens (tertiary/aromatic N) is 7. The molecule has 2 aromatic heterocycles. The highest BCUT2D eigenvalue weighted by atomic mass is 19.4. The molecule has 5 atom stereocenters. The van der Waals surface area contributed by atoms with Gasteiger partial charge in [0.05, 0.1) is 63.6 Å². The normalized spacial score (nSPS) is 15.5. The van der Waals surface area contributed by atoms with Crippen LogP contribution in [0, 0.1) is 17.5 Å². The number of amides is 2. The highest BCUT2D eigenvalue weighted by molar-refractivity contribution is 5.89. The van der Waals surface area contributed by atoms with Crippen LogP contribution in [0.4, 0.5) is 31.1 Å². The average Bonchev–Trinajstić information content (AvgIpc) is 3.87. The standard InChI is InChI=1S/C40H56F6N8O12/c1-5-51(21-30(56)34(59)35(60)31(57)22-55)18-25-19-53(50-49-25)8-9-63-10-11-64-12-13-65-36(61)33-29-20-52(6-7-54(29)37(48-33)40(44,45)46)32(58)16-24(47-38(62)66-39(2,3)4)14-23-15-27(42)28(43)17-26(23)41/h15,17,19,24,30-31,34-35,55-57,59-60H,5-14,16,18,20-22H2,1-4H3,(H,47,62). The molecule has 66 heavy (non-hydrogen) atoms. The summed E-state index contributed by atoms with van der Waals surface area (Å²) in [6.45, 7) is 5.11. The maximum atomic E-state index is 14.6. The molecule has 0 saturated heterocycles. The molecule has 5 unspecified atom stereocenters. The van der Waals surface area contributed by atoms with Gasteiger partial charge in [0, 0.05) is 50.9 Å². The van der Waals surface area contributed by atoms with Crippen LogP contribution in [0.25, 0.3) is 0 Å². The first kappa shape index (κ1) is 53.7. The van der Waals surface area contributed by atoms with Crippen LogP contribution >= 0.6 is 0 Å². The molecule has 370 valence electrons. The van der Waals surface area contributed by atoms with Gasteiger partial charge in [-0.2, -0.15) is 13.2 Å². The molecular weight excluding hydrogens is 898 g/mol. The van der Waals surface area contributed by atoms with E-state index in [-0.39, 0.29) is 63.9 Å². The van der Waals surface area contributed by atoms with Crippen molar-refractivity contribution in [3.05, 3.63) is 64.3 Å². The summed E-state index contributed by atoms with van der Waals surface area (Å²) in [6, 6.07) is -0.361. The highest BCUT2D eigenvalue weighted by Gasteiger charge is 2.42. The number of alkyl halides is 3. The molecule has 0 aliphatic carbocycles. The van der Waals surface area contributed by atoms with E-state index in [1.54, 1.807) is 38.8 Å². The number of aliphatic hydroxyl groups excluding tert-OH is 5. The molecule has 2 amide bonds. The lowest BCUT2D eigenvalue weighted by atomic mass is 10.0. The second kappa shape index (κ2) is 24.2. The zero-order valence-corrected chi connectivity index (χ0v) is 36.7. The van der Waals surface area contributed by atoms with Crippen molar-refractivity contribution in [2.45, 2.75) is 109 Å².